The molecule has 0 aliphatic carbocycles. The van der Waals surface area contributed by atoms with Gasteiger partial charge < -0.3 is 0 Å². The predicted molar refractivity (Wildman–Crippen MR) is 75.2 cm³/mol. The van der Waals surface area contributed by atoms with Crippen molar-refractivity contribution < 1.29 is 4.79 Å². The Morgan fingerprint density at radius 1 is 1.11 bits per heavy atom. The first-order valence-electron chi connectivity index (χ1n) is 6.26. The van der Waals surface area contributed by atoms with Crippen LogP contribution >= 0.6 is 0 Å². The van der Waals surface area contributed by atoms with Crippen LogP contribution in [0, 0.1) is 6.92 Å². The number of carbonyl (C=O) groups excluding carboxylic acids is 1. The van der Waals surface area contributed by atoms with Crippen molar-refractivity contribution in [2.24, 2.45) is 0 Å². The minimum absolute atomic E-state index is 0.00977. The number of hydrogen-bond donors (Lipinski definition) is 0. The molecule has 3 nitrogen and oxygen atoms in total. The van der Waals surface area contributed by atoms with Crippen LogP contribution in [0.5, 0.6) is 0 Å². The maximum Gasteiger partial charge on any atom is 0.251 e. The molecule has 0 saturated carbocycles. The Morgan fingerprint density at radius 2 is 1.89 bits per heavy atom. The summed E-state index contributed by atoms with van der Waals surface area (Å²) in [5.74, 6) is -0.00977. The van der Waals surface area contributed by atoms with Crippen LogP contribution in [0.3, 0.4) is 0 Å². The van der Waals surface area contributed by atoms with Gasteiger partial charge in [-0.2, -0.15) is 5.10 Å². The molecule has 0 atom stereocenters. The lowest BCUT2D eigenvalue weighted by Gasteiger charge is -2.05. The molecule has 0 unspecified atom stereocenters. The van der Waals surface area contributed by atoms with Gasteiger partial charge in [-0.25, -0.2) is 4.68 Å². The van der Waals surface area contributed by atoms with Gasteiger partial charge in [0.1, 0.15) is 0 Å². The third-order valence-electron chi connectivity index (χ3n) is 3.20. The first-order chi connectivity index (χ1) is 9.24. The summed E-state index contributed by atoms with van der Waals surface area (Å²) in [6.45, 7) is 1.88. The second-order valence-electron chi connectivity index (χ2n) is 4.61. The summed E-state index contributed by atoms with van der Waals surface area (Å²) in [4.78, 5) is 12.2. The first-order valence-corrected chi connectivity index (χ1v) is 6.26. The molecule has 0 saturated heterocycles. The minimum atomic E-state index is -0.00977. The van der Waals surface area contributed by atoms with E-state index in [9.17, 15) is 4.79 Å². The summed E-state index contributed by atoms with van der Waals surface area (Å²) in [6.07, 6.45) is 2.07. The molecule has 0 amide bonds. The third-order valence-corrected chi connectivity index (χ3v) is 3.20. The molecule has 0 fully saturated rings. The Morgan fingerprint density at radius 3 is 2.68 bits per heavy atom. The lowest BCUT2D eigenvalue weighted by molar-refractivity contribution is 0.0898. The molecule has 94 valence electrons. The summed E-state index contributed by atoms with van der Waals surface area (Å²) >= 11 is 0. The van der Waals surface area contributed by atoms with Crippen molar-refractivity contribution in [2.75, 3.05) is 0 Å². The lowest BCUT2D eigenvalue weighted by Crippen LogP contribution is -2.14. The van der Waals surface area contributed by atoms with Crippen molar-refractivity contribution in [3.05, 3.63) is 66.0 Å². The van der Waals surface area contributed by atoms with Crippen LogP contribution in [0.4, 0.5) is 0 Å². The number of nitrogens with zero attached hydrogens (tertiary/aromatic N) is 2. The Kier molecular flexibility index (Phi) is 2.88. The molecule has 1 aromatic heterocycles. The van der Waals surface area contributed by atoms with Crippen molar-refractivity contribution >= 4 is 16.7 Å². The molecule has 19 heavy (non-hydrogen) atoms. The van der Waals surface area contributed by atoms with E-state index in [-0.39, 0.29) is 5.91 Å². The molecule has 3 aromatic rings. The Bertz CT molecular complexity index is 738. The number of carbonyl (C=O) groups is 1. The minimum Gasteiger partial charge on any atom is -0.272 e. The fourth-order valence-electron chi connectivity index (χ4n) is 2.24. The molecule has 0 aliphatic rings. The molecule has 0 bridgehead atoms. The highest BCUT2D eigenvalue weighted by atomic mass is 16.2. The molecule has 3 heteroatoms. The molecule has 1 heterocycles. The van der Waals surface area contributed by atoms with Gasteiger partial charge in [0.2, 0.25) is 0 Å². The average molecular weight is 250 g/mol. The Hall–Kier alpha value is -2.42. The van der Waals surface area contributed by atoms with E-state index in [1.807, 2.05) is 43.3 Å². The summed E-state index contributed by atoms with van der Waals surface area (Å²) in [7, 11) is 0. The number of fused-ring (bicyclic) bond motifs is 1. The van der Waals surface area contributed by atoms with Crippen LogP contribution in [0.25, 0.3) is 10.8 Å². The molecule has 2 aromatic carbocycles. The molecule has 0 N–H and O–H groups in total. The maximum atomic E-state index is 12.2. The van der Waals surface area contributed by atoms with E-state index in [1.165, 1.54) is 4.68 Å². The predicted octanol–water partition coefficient (Wildman–Crippen LogP) is 3.23. The zero-order chi connectivity index (χ0) is 13.2. The van der Waals surface area contributed by atoms with E-state index in [2.05, 4.69) is 17.2 Å². The zero-order valence-corrected chi connectivity index (χ0v) is 10.7. The van der Waals surface area contributed by atoms with Crippen molar-refractivity contribution in [1.82, 2.24) is 9.78 Å². The highest BCUT2D eigenvalue weighted by Gasteiger charge is 2.09. The third kappa shape index (κ3) is 2.27. The molecular weight excluding hydrogens is 236 g/mol. The van der Waals surface area contributed by atoms with Crippen LogP contribution in [-0.2, 0) is 6.42 Å². The van der Waals surface area contributed by atoms with Crippen molar-refractivity contribution in [3.63, 3.8) is 0 Å². The van der Waals surface area contributed by atoms with E-state index in [4.69, 9.17) is 0 Å². The zero-order valence-electron chi connectivity index (χ0n) is 10.7. The quantitative estimate of drug-likeness (QED) is 0.700. The molecule has 0 aliphatic heterocycles. The average Bonchev–Trinajstić information content (AvgIpc) is 2.86. The Balaban J connectivity index is 1.95. The smallest absolute Gasteiger partial charge is 0.251 e. The van der Waals surface area contributed by atoms with E-state index in [1.54, 1.807) is 6.20 Å². The largest absolute Gasteiger partial charge is 0.272 e. The standard InChI is InChI=1S/C16H14N2O/c1-12-9-10-18(17-12)16(19)11-14-7-4-6-13-5-2-3-8-15(13)14/h2-10H,11H2,1H3. The molecule has 0 spiro atoms. The molecule has 0 radical (unpaired) electrons. The van der Waals surface area contributed by atoms with Gasteiger partial charge in [0.15, 0.2) is 0 Å². The van der Waals surface area contributed by atoms with Crippen molar-refractivity contribution in [3.8, 4) is 0 Å². The van der Waals surface area contributed by atoms with Gasteiger partial charge in [0.05, 0.1) is 12.1 Å². The Labute approximate surface area is 111 Å². The fourth-order valence-corrected chi connectivity index (χ4v) is 2.24. The second-order valence-corrected chi connectivity index (χ2v) is 4.61. The number of rotatable bonds is 2. The molecule has 3 rings (SSSR count). The van der Waals surface area contributed by atoms with Crippen molar-refractivity contribution in [1.29, 1.82) is 0 Å². The van der Waals surface area contributed by atoms with E-state index < -0.39 is 0 Å². The topological polar surface area (TPSA) is 34.9 Å². The van der Waals surface area contributed by atoms with E-state index >= 15 is 0 Å². The van der Waals surface area contributed by atoms with E-state index in [0.29, 0.717) is 6.42 Å². The fraction of sp³-hybridized carbons (Fsp3) is 0.125. The number of hydrogen-bond acceptors (Lipinski definition) is 2. The van der Waals surface area contributed by atoms with Crippen LogP contribution in [0.2, 0.25) is 0 Å². The maximum absolute atomic E-state index is 12.2. The number of aromatic nitrogens is 2. The number of aryl methyl sites for hydroxylation is 1. The SMILES string of the molecule is Cc1ccn(C(=O)Cc2cccc3ccccc23)n1. The monoisotopic (exact) mass is 250 g/mol. The highest BCUT2D eigenvalue weighted by Crippen LogP contribution is 2.19. The van der Waals surface area contributed by atoms with Gasteiger partial charge in [-0.1, -0.05) is 42.5 Å². The van der Waals surface area contributed by atoms with Gasteiger partial charge in [0.25, 0.3) is 5.91 Å². The highest BCUT2D eigenvalue weighted by molar-refractivity contribution is 5.90. The summed E-state index contributed by atoms with van der Waals surface area (Å²) in [5.41, 5.74) is 1.89. The summed E-state index contributed by atoms with van der Waals surface area (Å²) in [6, 6.07) is 16.0. The molecular formula is C16H14N2O. The van der Waals surface area contributed by atoms with Gasteiger partial charge in [-0.3, -0.25) is 4.79 Å². The van der Waals surface area contributed by atoms with Gasteiger partial charge in [-0.15, -0.1) is 0 Å². The normalized spacial score (nSPS) is 10.8. The van der Waals surface area contributed by atoms with Gasteiger partial charge in [-0.05, 0) is 29.3 Å². The van der Waals surface area contributed by atoms with Gasteiger partial charge >= 0.3 is 0 Å². The van der Waals surface area contributed by atoms with Crippen molar-refractivity contribution in [2.45, 2.75) is 13.3 Å². The van der Waals surface area contributed by atoms with Crippen LogP contribution in [0.1, 0.15) is 16.1 Å². The summed E-state index contributed by atoms with van der Waals surface area (Å²) < 4.78 is 1.41. The van der Waals surface area contributed by atoms with Crippen LogP contribution in [0.15, 0.2) is 54.7 Å². The van der Waals surface area contributed by atoms with E-state index in [0.717, 1.165) is 22.0 Å². The van der Waals surface area contributed by atoms with Crippen LogP contribution < -0.4 is 0 Å². The van der Waals surface area contributed by atoms with Gasteiger partial charge in [0, 0.05) is 6.20 Å². The van der Waals surface area contributed by atoms with Crippen LogP contribution in [-0.4, -0.2) is 15.7 Å². The summed E-state index contributed by atoms with van der Waals surface area (Å²) in [5, 5.41) is 6.44. The first kappa shape index (κ1) is 11.7. The second kappa shape index (κ2) is 4.69. The lowest BCUT2D eigenvalue weighted by atomic mass is 10.0. The number of benzene rings is 2.